The maximum Gasteiger partial charge on any atom is 0.261 e. The zero-order valence-electron chi connectivity index (χ0n) is 14.0. The number of pyridine rings is 1. The number of ether oxygens (including phenoxy) is 1. The van der Waals surface area contributed by atoms with Crippen LogP contribution in [-0.4, -0.2) is 13.4 Å². The van der Waals surface area contributed by atoms with Gasteiger partial charge in [-0.1, -0.05) is 23.8 Å². The number of aryl methyl sites for hydroxylation is 1. The van der Waals surface area contributed by atoms with Crippen LogP contribution in [0.3, 0.4) is 0 Å². The molecule has 0 atom stereocenters. The standard InChI is InChI=1S/C19H17FN2O3S/c1-14-4-7-17(8-5-14)26(23,24)22-16-6-9-19(18(20)11-16)25-13-15-3-2-10-21-12-15/h2-12,22H,13H2,1H3. The van der Waals surface area contributed by atoms with Gasteiger partial charge in [-0.25, -0.2) is 12.8 Å². The molecule has 134 valence electrons. The van der Waals surface area contributed by atoms with E-state index in [0.717, 1.165) is 17.2 Å². The van der Waals surface area contributed by atoms with Crippen molar-refractivity contribution in [3.8, 4) is 5.75 Å². The highest BCUT2D eigenvalue weighted by atomic mass is 32.2. The smallest absolute Gasteiger partial charge is 0.261 e. The minimum Gasteiger partial charge on any atom is -0.486 e. The van der Waals surface area contributed by atoms with Gasteiger partial charge in [-0.3, -0.25) is 9.71 Å². The van der Waals surface area contributed by atoms with Crippen LogP contribution in [-0.2, 0) is 16.6 Å². The summed E-state index contributed by atoms with van der Waals surface area (Å²) >= 11 is 0. The van der Waals surface area contributed by atoms with E-state index >= 15 is 0 Å². The van der Waals surface area contributed by atoms with Crippen molar-refractivity contribution in [1.82, 2.24) is 4.98 Å². The van der Waals surface area contributed by atoms with Crippen molar-refractivity contribution >= 4 is 15.7 Å². The summed E-state index contributed by atoms with van der Waals surface area (Å²) in [5.41, 5.74) is 1.87. The first-order valence-electron chi connectivity index (χ1n) is 7.85. The minimum absolute atomic E-state index is 0.0344. The second-order valence-corrected chi connectivity index (χ2v) is 7.40. The summed E-state index contributed by atoms with van der Waals surface area (Å²) in [5, 5.41) is 0. The Bertz CT molecular complexity index is 991. The number of aromatic nitrogens is 1. The van der Waals surface area contributed by atoms with Gasteiger partial charge >= 0.3 is 0 Å². The van der Waals surface area contributed by atoms with E-state index in [-0.39, 0.29) is 22.9 Å². The van der Waals surface area contributed by atoms with Crippen molar-refractivity contribution in [2.75, 3.05) is 4.72 Å². The Kier molecular flexibility index (Phi) is 5.18. The number of nitrogens with zero attached hydrogens (tertiary/aromatic N) is 1. The van der Waals surface area contributed by atoms with E-state index in [1.807, 2.05) is 13.0 Å². The number of hydrogen-bond acceptors (Lipinski definition) is 4. The van der Waals surface area contributed by atoms with E-state index in [1.165, 1.54) is 24.3 Å². The van der Waals surface area contributed by atoms with Crippen LogP contribution < -0.4 is 9.46 Å². The van der Waals surface area contributed by atoms with Crippen molar-refractivity contribution in [3.63, 3.8) is 0 Å². The van der Waals surface area contributed by atoms with E-state index in [2.05, 4.69) is 9.71 Å². The average molecular weight is 372 g/mol. The van der Waals surface area contributed by atoms with Gasteiger partial charge in [0.15, 0.2) is 11.6 Å². The second-order valence-electron chi connectivity index (χ2n) is 5.71. The van der Waals surface area contributed by atoms with Gasteiger partial charge in [-0.05, 0) is 37.3 Å². The molecule has 0 amide bonds. The third kappa shape index (κ3) is 4.37. The van der Waals surface area contributed by atoms with E-state index in [1.54, 1.807) is 30.6 Å². The third-order valence-corrected chi connectivity index (χ3v) is 5.03. The predicted molar refractivity (Wildman–Crippen MR) is 97.0 cm³/mol. The molecule has 0 aliphatic rings. The van der Waals surface area contributed by atoms with Crippen LogP contribution in [0.5, 0.6) is 5.75 Å². The van der Waals surface area contributed by atoms with Crippen molar-refractivity contribution in [1.29, 1.82) is 0 Å². The molecule has 1 heterocycles. The van der Waals surface area contributed by atoms with E-state index in [0.29, 0.717) is 0 Å². The van der Waals surface area contributed by atoms with Crippen LogP contribution >= 0.6 is 0 Å². The fourth-order valence-electron chi connectivity index (χ4n) is 2.26. The molecule has 0 bridgehead atoms. The summed E-state index contributed by atoms with van der Waals surface area (Å²) in [4.78, 5) is 4.07. The predicted octanol–water partition coefficient (Wildman–Crippen LogP) is 3.91. The van der Waals surface area contributed by atoms with Gasteiger partial charge in [-0.15, -0.1) is 0 Å². The van der Waals surface area contributed by atoms with Crippen LogP contribution in [0.1, 0.15) is 11.1 Å². The lowest BCUT2D eigenvalue weighted by atomic mass is 10.2. The summed E-state index contributed by atoms with van der Waals surface area (Å²) in [5.74, 6) is -0.620. The third-order valence-electron chi connectivity index (χ3n) is 3.63. The molecule has 0 aliphatic heterocycles. The molecule has 0 aliphatic carbocycles. The Morgan fingerprint density at radius 1 is 1.12 bits per heavy atom. The van der Waals surface area contributed by atoms with Crippen LogP contribution in [0.2, 0.25) is 0 Å². The van der Waals surface area contributed by atoms with Crippen molar-refractivity contribution in [3.05, 3.63) is 83.9 Å². The number of rotatable bonds is 6. The summed E-state index contributed by atoms with van der Waals surface area (Å²) < 4.78 is 46.7. The van der Waals surface area contributed by atoms with Crippen LogP contribution in [0.4, 0.5) is 10.1 Å². The highest BCUT2D eigenvalue weighted by molar-refractivity contribution is 7.92. The molecule has 0 radical (unpaired) electrons. The molecular formula is C19H17FN2O3S. The topological polar surface area (TPSA) is 68.3 Å². The molecule has 1 aromatic heterocycles. The summed E-state index contributed by atoms with van der Waals surface area (Å²) in [6.07, 6.45) is 3.26. The Morgan fingerprint density at radius 2 is 1.88 bits per heavy atom. The molecule has 5 nitrogen and oxygen atoms in total. The Hall–Kier alpha value is -2.93. The van der Waals surface area contributed by atoms with Gasteiger partial charge in [0.05, 0.1) is 10.6 Å². The summed E-state index contributed by atoms with van der Waals surface area (Å²) in [7, 11) is -3.78. The van der Waals surface area contributed by atoms with Crippen LogP contribution in [0.15, 0.2) is 71.9 Å². The first-order chi connectivity index (χ1) is 12.4. The zero-order chi connectivity index (χ0) is 18.6. The number of sulfonamides is 1. The lowest BCUT2D eigenvalue weighted by Gasteiger charge is -2.11. The molecule has 0 saturated carbocycles. The normalized spacial score (nSPS) is 11.2. The molecule has 0 spiro atoms. The molecule has 0 fully saturated rings. The van der Waals surface area contributed by atoms with Crippen LogP contribution in [0.25, 0.3) is 0 Å². The van der Waals surface area contributed by atoms with Crippen LogP contribution in [0, 0.1) is 12.7 Å². The Morgan fingerprint density at radius 3 is 2.54 bits per heavy atom. The van der Waals surface area contributed by atoms with Gasteiger partial charge in [-0.2, -0.15) is 0 Å². The quantitative estimate of drug-likeness (QED) is 0.712. The molecule has 3 rings (SSSR count). The maximum absolute atomic E-state index is 14.2. The number of anilines is 1. The van der Waals surface area contributed by atoms with E-state index < -0.39 is 15.8 Å². The minimum atomic E-state index is -3.78. The molecule has 1 N–H and O–H groups in total. The molecule has 0 unspecified atom stereocenters. The van der Waals surface area contributed by atoms with Gasteiger partial charge < -0.3 is 4.74 Å². The first-order valence-corrected chi connectivity index (χ1v) is 9.33. The van der Waals surface area contributed by atoms with Crippen molar-refractivity contribution in [2.24, 2.45) is 0 Å². The number of hydrogen-bond donors (Lipinski definition) is 1. The fourth-order valence-corrected chi connectivity index (χ4v) is 3.31. The largest absolute Gasteiger partial charge is 0.486 e. The number of benzene rings is 2. The van der Waals surface area contributed by atoms with E-state index in [9.17, 15) is 12.8 Å². The van der Waals surface area contributed by atoms with Crippen molar-refractivity contribution in [2.45, 2.75) is 18.4 Å². The monoisotopic (exact) mass is 372 g/mol. The average Bonchev–Trinajstić information content (AvgIpc) is 2.62. The molecule has 3 aromatic rings. The maximum atomic E-state index is 14.2. The number of nitrogens with one attached hydrogen (secondary N) is 1. The zero-order valence-corrected chi connectivity index (χ0v) is 14.8. The van der Waals surface area contributed by atoms with E-state index in [4.69, 9.17) is 4.74 Å². The molecule has 7 heteroatoms. The molecule has 0 saturated heterocycles. The summed E-state index contributed by atoms with van der Waals surface area (Å²) in [6, 6.07) is 13.9. The number of halogens is 1. The van der Waals surface area contributed by atoms with Gasteiger partial charge in [0.25, 0.3) is 10.0 Å². The fraction of sp³-hybridized carbons (Fsp3) is 0.105. The summed E-state index contributed by atoms with van der Waals surface area (Å²) in [6.45, 7) is 2.03. The molecule has 2 aromatic carbocycles. The van der Waals surface area contributed by atoms with Gasteiger partial charge in [0.1, 0.15) is 6.61 Å². The first kappa shape index (κ1) is 17.9. The second kappa shape index (κ2) is 7.53. The van der Waals surface area contributed by atoms with Gasteiger partial charge in [0.2, 0.25) is 0 Å². The molecule has 26 heavy (non-hydrogen) atoms. The van der Waals surface area contributed by atoms with Crippen molar-refractivity contribution < 1.29 is 17.5 Å². The lowest BCUT2D eigenvalue weighted by molar-refractivity contribution is 0.290. The highest BCUT2D eigenvalue weighted by Crippen LogP contribution is 2.24. The lowest BCUT2D eigenvalue weighted by Crippen LogP contribution is -2.13. The molecular weight excluding hydrogens is 355 g/mol. The highest BCUT2D eigenvalue weighted by Gasteiger charge is 2.15. The van der Waals surface area contributed by atoms with Gasteiger partial charge in [0, 0.05) is 24.0 Å². The SMILES string of the molecule is Cc1ccc(S(=O)(=O)Nc2ccc(OCc3cccnc3)c(F)c2)cc1. The Labute approximate surface area is 151 Å². The Balaban J connectivity index is 1.72.